The minimum atomic E-state index is -0.731. The number of nitrogens with one attached hydrogen (secondary N) is 2. The van der Waals surface area contributed by atoms with Crippen LogP contribution in [0.1, 0.15) is 37.6 Å². The van der Waals surface area contributed by atoms with Gasteiger partial charge in [0.25, 0.3) is 0 Å². The fourth-order valence-corrected chi connectivity index (χ4v) is 3.60. The highest BCUT2D eigenvalue weighted by Gasteiger charge is 2.32. The second kappa shape index (κ2) is 8.91. The average molecular weight is 399 g/mol. The van der Waals surface area contributed by atoms with Gasteiger partial charge in [0, 0.05) is 16.6 Å². The lowest BCUT2D eigenvalue weighted by molar-refractivity contribution is -0.146. The Morgan fingerprint density at radius 2 is 1.79 bits per heavy atom. The first kappa shape index (κ1) is 20.6. The molecule has 2 aromatic rings. The monoisotopic (exact) mass is 399 g/mol. The SMILES string of the molecule is CCOC(=O)C(=CCC1NC(C(N)=O)Cc2c1[nH]c1ccccc21)C(=O)OCC. The van der Waals surface area contributed by atoms with Crippen LogP contribution in [0, 0.1) is 0 Å². The number of benzene rings is 1. The lowest BCUT2D eigenvalue weighted by Gasteiger charge is -2.29. The van der Waals surface area contributed by atoms with Crippen molar-refractivity contribution in [1.82, 2.24) is 10.3 Å². The quantitative estimate of drug-likeness (QED) is 0.282. The number of para-hydroxylation sites is 1. The molecule has 0 saturated carbocycles. The van der Waals surface area contributed by atoms with E-state index in [1.54, 1.807) is 13.8 Å². The number of hydrogen-bond donors (Lipinski definition) is 3. The molecule has 0 saturated heterocycles. The van der Waals surface area contributed by atoms with Gasteiger partial charge in [-0.3, -0.25) is 10.1 Å². The summed E-state index contributed by atoms with van der Waals surface area (Å²) in [7, 11) is 0. The largest absolute Gasteiger partial charge is 0.462 e. The molecule has 1 aromatic carbocycles. The zero-order chi connectivity index (χ0) is 21.0. The first-order valence-corrected chi connectivity index (χ1v) is 9.65. The van der Waals surface area contributed by atoms with E-state index in [0.29, 0.717) is 6.42 Å². The first-order valence-electron chi connectivity index (χ1n) is 9.65. The highest BCUT2D eigenvalue weighted by Crippen LogP contribution is 2.33. The van der Waals surface area contributed by atoms with Crippen molar-refractivity contribution >= 4 is 28.7 Å². The molecule has 1 aromatic heterocycles. The number of hydrogen-bond acceptors (Lipinski definition) is 6. The molecule has 1 amide bonds. The smallest absolute Gasteiger partial charge is 0.345 e. The second-order valence-electron chi connectivity index (χ2n) is 6.74. The van der Waals surface area contributed by atoms with Gasteiger partial charge in [0.2, 0.25) is 5.91 Å². The van der Waals surface area contributed by atoms with Crippen LogP contribution in [0.3, 0.4) is 0 Å². The van der Waals surface area contributed by atoms with Crippen molar-refractivity contribution in [2.24, 2.45) is 5.73 Å². The first-order chi connectivity index (χ1) is 14.0. The summed E-state index contributed by atoms with van der Waals surface area (Å²) in [5.41, 5.74) is 8.27. The van der Waals surface area contributed by atoms with Gasteiger partial charge in [-0.15, -0.1) is 0 Å². The van der Waals surface area contributed by atoms with E-state index < -0.39 is 23.9 Å². The summed E-state index contributed by atoms with van der Waals surface area (Å²) in [5.74, 6) is -1.92. The standard InChI is InChI=1S/C21H25N3O5/c1-3-28-20(26)13(21(27)29-4-2)9-10-16-18-14(11-17(23-16)19(22)25)12-7-5-6-8-15(12)24-18/h5-9,16-17,23-24H,3-4,10-11H2,1-2H3,(H2,22,25). The fourth-order valence-electron chi connectivity index (χ4n) is 3.60. The third-order valence-electron chi connectivity index (χ3n) is 4.90. The van der Waals surface area contributed by atoms with Crippen molar-refractivity contribution < 1.29 is 23.9 Å². The number of rotatable bonds is 7. The summed E-state index contributed by atoms with van der Waals surface area (Å²) in [6, 6.07) is 6.94. The van der Waals surface area contributed by atoms with Gasteiger partial charge in [-0.05, 0) is 38.3 Å². The van der Waals surface area contributed by atoms with Crippen LogP contribution in [0.15, 0.2) is 35.9 Å². The number of ether oxygens (including phenoxy) is 2. The summed E-state index contributed by atoms with van der Waals surface area (Å²) < 4.78 is 9.96. The van der Waals surface area contributed by atoms with Gasteiger partial charge in [0.1, 0.15) is 5.57 Å². The minimum absolute atomic E-state index is 0.146. The number of H-pyrrole nitrogens is 1. The van der Waals surface area contributed by atoms with Gasteiger partial charge in [0.15, 0.2) is 0 Å². The molecule has 2 unspecified atom stereocenters. The van der Waals surface area contributed by atoms with Crippen molar-refractivity contribution in [2.75, 3.05) is 13.2 Å². The molecule has 2 atom stereocenters. The predicted molar refractivity (Wildman–Crippen MR) is 107 cm³/mol. The van der Waals surface area contributed by atoms with Crippen molar-refractivity contribution in [3.8, 4) is 0 Å². The number of aromatic nitrogens is 1. The molecule has 8 nitrogen and oxygen atoms in total. The molecule has 2 heterocycles. The van der Waals surface area contributed by atoms with E-state index in [-0.39, 0.29) is 31.2 Å². The number of amides is 1. The van der Waals surface area contributed by atoms with Crippen LogP contribution in [0.4, 0.5) is 0 Å². The molecule has 154 valence electrons. The molecule has 1 aliphatic heterocycles. The highest BCUT2D eigenvalue weighted by molar-refractivity contribution is 6.14. The van der Waals surface area contributed by atoms with E-state index in [2.05, 4.69) is 10.3 Å². The van der Waals surface area contributed by atoms with Crippen LogP contribution < -0.4 is 11.1 Å². The van der Waals surface area contributed by atoms with Gasteiger partial charge < -0.3 is 20.2 Å². The number of aromatic amines is 1. The molecule has 3 rings (SSSR count). The van der Waals surface area contributed by atoms with E-state index in [1.165, 1.54) is 6.08 Å². The van der Waals surface area contributed by atoms with E-state index in [9.17, 15) is 14.4 Å². The summed E-state index contributed by atoms with van der Waals surface area (Å²) in [6.07, 6.45) is 2.24. The third kappa shape index (κ3) is 4.32. The topological polar surface area (TPSA) is 124 Å². The van der Waals surface area contributed by atoms with Gasteiger partial charge >= 0.3 is 11.9 Å². The summed E-state index contributed by atoms with van der Waals surface area (Å²) in [4.78, 5) is 39.7. The Labute approximate surface area is 168 Å². The molecular weight excluding hydrogens is 374 g/mol. The maximum absolute atomic E-state index is 12.2. The highest BCUT2D eigenvalue weighted by atomic mass is 16.6. The summed E-state index contributed by atoms with van der Waals surface area (Å²) in [6.45, 7) is 3.62. The van der Waals surface area contributed by atoms with Crippen molar-refractivity contribution in [2.45, 2.75) is 38.8 Å². The molecule has 0 bridgehead atoms. The number of esters is 2. The maximum atomic E-state index is 12.2. The Balaban J connectivity index is 1.96. The average Bonchev–Trinajstić information content (AvgIpc) is 3.07. The van der Waals surface area contributed by atoms with Gasteiger partial charge in [-0.2, -0.15) is 0 Å². The second-order valence-corrected chi connectivity index (χ2v) is 6.74. The number of primary amides is 1. The van der Waals surface area contributed by atoms with Gasteiger partial charge in [-0.1, -0.05) is 24.3 Å². The van der Waals surface area contributed by atoms with Gasteiger partial charge in [0.05, 0.1) is 25.3 Å². The maximum Gasteiger partial charge on any atom is 0.345 e. The van der Waals surface area contributed by atoms with Gasteiger partial charge in [-0.25, -0.2) is 9.59 Å². The minimum Gasteiger partial charge on any atom is -0.462 e. The van der Waals surface area contributed by atoms with Crippen LogP contribution in [0.25, 0.3) is 10.9 Å². The Kier molecular flexibility index (Phi) is 6.33. The van der Waals surface area contributed by atoms with E-state index in [0.717, 1.165) is 22.2 Å². The molecule has 8 heteroatoms. The van der Waals surface area contributed by atoms with Crippen LogP contribution in [-0.4, -0.2) is 42.1 Å². The molecular formula is C21H25N3O5. The lowest BCUT2D eigenvalue weighted by atomic mass is 9.91. The zero-order valence-electron chi connectivity index (χ0n) is 16.5. The lowest BCUT2D eigenvalue weighted by Crippen LogP contribution is -2.47. The Hall–Kier alpha value is -3.13. The van der Waals surface area contributed by atoms with E-state index in [4.69, 9.17) is 15.2 Å². The van der Waals surface area contributed by atoms with Crippen molar-refractivity contribution in [3.63, 3.8) is 0 Å². The molecule has 1 aliphatic rings. The van der Waals surface area contributed by atoms with Crippen molar-refractivity contribution in [1.29, 1.82) is 0 Å². The Bertz CT molecular complexity index is 942. The zero-order valence-corrected chi connectivity index (χ0v) is 16.5. The number of nitrogens with two attached hydrogens (primary N) is 1. The van der Waals surface area contributed by atoms with Crippen LogP contribution in [-0.2, 0) is 30.3 Å². The number of carbonyl (C=O) groups excluding carboxylic acids is 3. The number of fused-ring (bicyclic) bond motifs is 3. The van der Waals surface area contributed by atoms with Crippen LogP contribution in [0.2, 0.25) is 0 Å². The van der Waals surface area contributed by atoms with Crippen LogP contribution in [0.5, 0.6) is 0 Å². The number of carbonyl (C=O) groups is 3. The molecule has 0 radical (unpaired) electrons. The Morgan fingerprint density at radius 3 is 2.41 bits per heavy atom. The fraction of sp³-hybridized carbons (Fsp3) is 0.381. The molecule has 4 N–H and O–H groups in total. The molecule has 29 heavy (non-hydrogen) atoms. The predicted octanol–water partition coefficient (Wildman–Crippen LogP) is 1.65. The molecule has 0 spiro atoms. The van der Waals surface area contributed by atoms with E-state index in [1.807, 2.05) is 24.3 Å². The summed E-state index contributed by atoms with van der Waals surface area (Å²) >= 11 is 0. The van der Waals surface area contributed by atoms with E-state index >= 15 is 0 Å². The van der Waals surface area contributed by atoms with Crippen molar-refractivity contribution in [3.05, 3.63) is 47.2 Å². The normalized spacial score (nSPS) is 18.0. The summed E-state index contributed by atoms with van der Waals surface area (Å²) in [5, 5.41) is 4.24. The molecule has 0 aliphatic carbocycles. The van der Waals surface area contributed by atoms with Crippen LogP contribution >= 0.6 is 0 Å². The molecule has 0 fully saturated rings. The Morgan fingerprint density at radius 1 is 1.14 bits per heavy atom. The third-order valence-corrected chi connectivity index (χ3v) is 4.90.